The van der Waals surface area contributed by atoms with Gasteiger partial charge in [-0.15, -0.1) is 0 Å². The van der Waals surface area contributed by atoms with E-state index in [-0.39, 0.29) is 35.2 Å². The standard InChI is InChI=1S/C28H53N3O4/c1-13-15-16-17-28(9,10)22(29-11)24(32)30-23(27(6,7)8)25(33)31(12)21(19(3)4)18-20(5)26(34)35-14-2/h18-19,21-23,29H,13-17H2,1-12H3,(H,30,32)/b20-18+/t21-,22+,23-/m1/s1. The highest BCUT2D eigenvalue weighted by molar-refractivity contribution is 5.91. The van der Waals surface area contributed by atoms with Crippen LogP contribution in [0.1, 0.15) is 94.9 Å². The highest BCUT2D eigenvalue weighted by Gasteiger charge is 2.40. The number of nitrogens with one attached hydrogen (secondary N) is 2. The summed E-state index contributed by atoms with van der Waals surface area (Å²) >= 11 is 0. The van der Waals surface area contributed by atoms with E-state index >= 15 is 0 Å². The molecular formula is C28H53N3O4. The lowest BCUT2D eigenvalue weighted by atomic mass is 9.78. The minimum Gasteiger partial charge on any atom is -0.463 e. The van der Waals surface area contributed by atoms with Crippen LogP contribution in [0.25, 0.3) is 0 Å². The van der Waals surface area contributed by atoms with Crippen LogP contribution in [0.4, 0.5) is 0 Å². The molecule has 2 amide bonds. The normalized spacial score (nSPS) is 15.4. The number of likely N-dealkylation sites (N-methyl/N-ethyl adjacent to an activating group) is 2. The molecule has 35 heavy (non-hydrogen) atoms. The minimum absolute atomic E-state index is 0.0622. The molecule has 0 radical (unpaired) electrons. The fourth-order valence-electron chi connectivity index (χ4n) is 4.40. The molecule has 3 atom stereocenters. The monoisotopic (exact) mass is 495 g/mol. The lowest BCUT2D eigenvalue weighted by molar-refractivity contribution is -0.141. The zero-order chi connectivity index (χ0) is 27.6. The summed E-state index contributed by atoms with van der Waals surface area (Å²) in [5.41, 5.74) is -0.302. The Bertz CT molecular complexity index is 722. The van der Waals surface area contributed by atoms with Crippen molar-refractivity contribution in [3.05, 3.63) is 11.6 Å². The van der Waals surface area contributed by atoms with Crippen molar-refractivity contribution in [3.63, 3.8) is 0 Å². The van der Waals surface area contributed by atoms with Crippen LogP contribution in [0.15, 0.2) is 11.6 Å². The molecule has 0 aromatic carbocycles. The van der Waals surface area contributed by atoms with Crippen molar-refractivity contribution in [2.24, 2.45) is 16.7 Å². The predicted molar refractivity (Wildman–Crippen MR) is 144 cm³/mol. The molecule has 0 heterocycles. The van der Waals surface area contributed by atoms with Crippen LogP contribution < -0.4 is 10.6 Å². The number of hydrogen-bond acceptors (Lipinski definition) is 5. The van der Waals surface area contributed by atoms with Crippen molar-refractivity contribution in [2.45, 2.75) is 113 Å². The molecule has 0 unspecified atom stereocenters. The summed E-state index contributed by atoms with van der Waals surface area (Å²) in [6, 6.07) is -1.46. The third kappa shape index (κ3) is 10.3. The van der Waals surface area contributed by atoms with Gasteiger partial charge in [-0.2, -0.15) is 0 Å². The summed E-state index contributed by atoms with van der Waals surface area (Å²) < 4.78 is 5.11. The van der Waals surface area contributed by atoms with E-state index in [1.807, 2.05) is 34.6 Å². The Morgan fingerprint density at radius 2 is 1.57 bits per heavy atom. The molecule has 0 saturated heterocycles. The summed E-state index contributed by atoms with van der Waals surface area (Å²) in [5, 5.41) is 6.26. The van der Waals surface area contributed by atoms with Crippen LogP contribution in [-0.4, -0.2) is 61.5 Å². The van der Waals surface area contributed by atoms with Crippen molar-refractivity contribution in [2.75, 3.05) is 20.7 Å². The number of amides is 2. The van der Waals surface area contributed by atoms with E-state index in [1.165, 1.54) is 0 Å². The third-order valence-corrected chi connectivity index (χ3v) is 6.65. The number of ether oxygens (including phenoxy) is 1. The van der Waals surface area contributed by atoms with Gasteiger partial charge in [-0.1, -0.05) is 80.7 Å². The number of hydrogen-bond donors (Lipinski definition) is 2. The molecule has 0 aliphatic rings. The second-order valence-corrected chi connectivity index (χ2v) is 11.7. The number of esters is 1. The first kappa shape index (κ1) is 33.1. The lowest BCUT2D eigenvalue weighted by Gasteiger charge is -2.39. The first-order valence-corrected chi connectivity index (χ1v) is 13.1. The molecule has 0 aromatic rings. The highest BCUT2D eigenvalue weighted by atomic mass is 16.5. The first-order valence-electron chi connectivity index (χ1n) is 13.1. The first-order chi connectivity index (χ1) is 16.0. The molecule has 7 nitrogen and oxygen atoms in total. The summed E-state index contributed by atoms with van der Waals surface area (Å²) in [5.74, 6) is -0.680. The van der Waals surface area contributed by atoms with Crippen LogP contribution in [0, 0.1) is 16.7 Å². The number of carbonyl (C=O) groups is 3. The smallest absolute Gasteiger partial charge is 0.333 e. The fraction of sp³-hybridized carbons (Fsp3) is 0.821. The molecule has 2 N–H and O–H groups in total. The quantitative estimate of drug-likeness (QED) is 0.207. The minimum atomic E-state index is -0.722. The molecule has 0 aromatic heterocycles. The molecular weight excluding hydrogens is 442 g/mol. The van der Waals surface area contributed by atoms with E-state index in [0.717, 1.165) is 25.7 Å². The van der Waals surface area contributed by atoms with Crippen LogP contribution in [0.5, 0.6) is 0 Å². The van der Waals surface area contributed by atoms with Gasteiger partial charge in [0.1, 0.15) is 6.04 Å². The maximum atomic E-state index is 13.8. The number of carbonyl (C=O) groups excluding carboxylic acids is 3. The summed E-state index contributed by atoms with van der Waals surface area (Å²) in [6.45, 7) is 20.0. The molecule has 0 fully saturated rings. The molecule has 0 spiro atoms. The van der Waals surface area contributed by atoms with Crippen molar-refractivity contribution in [3.8, 4) is 0 Å². The Balaban J connectivity index is 5.92. The molecule has 0 rings (SSSR count). The van der Waals surface area contributed by atoms with E-state index in [0.29, 0.717) is 12.2 Å². The highest BCUT2D eigenvalue weighted by Crippen LogP contribution is 2.30. The molecule has 0 aliphatic heterocycles. The van der Waals surface area contributed by atoms with Gasteiger partial charge in [0, 0.05) is 12.6 Å². The predicted octanol–water partition coefficient (Wildman–Crippen LogP) is 4.70. The van der Waals surface area contributed by atoms with Crippen molar-refractivity contribution in [1.29, 1.82) is 0 Å². The second-order valence-electron chi connectivity index (χ2n) is 11.7. The van der Waals surface area contributed by atoms with Gasteiger partial charge in [0.25, 0.3) is 0 Å². The number of rotatable bonds is 14. The van der Waals surface area contributed by atoms with E-state index < -0.39 is 17.5 Å². The van der Waals surface area contributed by atoms with Crippen molar-refractivity contribution in [1.82, 2.24) is 15.5 Å². The Labute approximate surface area is 214 Å². The SMILES string of the molecule is CCCCCC(C)(C)[C@@H](NC)C(=O)N[C@H](C(=O)N(C)[C@H](/C=C(\C)C(=O)OCC)C(C)C)C(C)(C)C. The van der Waals surface area contributed by atoms with Crippen molar-refractivity contribution < 1.29 is 19.1 Å². The topological polar surface area (TPSA) is 87.7 Å². The van der Waals surface area contributed by atoms with E-state index in [2.05, 4.69) is 31.4 Å². The van der Waals surface area contributed by atoms with E-state index in [9.17, 15) is 14.4 Å². The number of unbranched alkanes of at least 4 members (excludes halogenated alkanes) is 2. The Morgan fingerprint density at radius 1 is 1.00 bits per heavy atom. The van der Waals surface area contributed by atoms with E-state index in [1.54, 1.807) is 38.9 Å². The fourth-order valence-corrected chi connectivity index (χ4v) is 4.40. The maximum Gasteiger partial charge on any atom is 0.333 e. The zero-order valence-electron chi connectivity index (χ0n) is 24.5. The molecule has 7 heteroatoms. The molecule has 0 saturated carbocycles. The summed E-state index contributed by atoms with van der Waals surface area (Å²) in [7, 11) is 3.53. The second kappa shape index (κ2) is 14.6. The van der Waals surface area contributed by atoms with Gasteiger partial charge >= 0.3 is 5.97 Å². The number of nitrogens with zero attached hydrogens (tertiary/aromatic N) is 1. The van der Waals surface area contributed by atoms with E-state index in [4.69, 9.17) is 4.74 Å². The van der Waals surface area contributed by atoms with Gasteiger partial charge in [0.05, 0.1) is 18.7 Å². The Kier molecular flexibility index (Phi) is 13.8. The van der Waals surface area contributed by atoms with Gasteiger partial charge in [0.2, 0.25) is 11.8 Å². The van der Waals surface area contributed by atoms with Crippen LogP contribution in [0.2, 0.25) is 0 Å². The molecule has 0 bridgehead atoms. The lowest BCUT2D eigenvalue weighted by Crippen LogP contribution is -2.61. The van der Waals surface area contributed by atoms with Crippen molar-refractivity contribution >= 4 is 17.8 Å². The van der Waals surface area contributed by atoms with Gasteiger partial charge < -0.3 is 20.3 Å². The largest absolute Gasteiger partial charge is 0.463 e. The Hall–Kier alpha value is -1.89. The molecule has 204 valence electrons. The third-order valence-electron chi connectivity index (χ3n) is 6.65. The van der Waals surface area contributed by atoms with Gasteiger partial charge in [-0.3, -0.25) is 9.59 Å². The van der Waals surface area contributed by atoms with Crippen LogP contribution >= 0.6 is 0 Å². The van der Waals surface area contributed by atoms with Gasteiger partial charge in [0.15, 0.2) is 0 Å². The average molecular weight is 496 g/mol. The van der Waals surface area contributed by atoms with Crippen LogP contribution in [-0.2, 0) is 19.1 Å². The summed E-state index contributed by atoms with van der Waals surface area (Å²) in [4.78, 5) is 41.0. The van der Waals surface area contributed by atoms with Gasteiger partial charge in [-0.05, 0) is 44.1 Å². The van der Waals surface area contributed by atoms with Gasteiger partial charge in [-0.25, -0.2) is 4.79 Å². The summed E-state index contributed by atoms with van der Waals surface area (Å²) in [6.07, 6.45) is 6.02. The molecule has 0 aliphatic carbocycles. The average Bonchev–Trinajstić information content (AvgIpc) is 2.74. The van der Waals surface area contributed by atoms with Crippen LogP contribution in [0.3, 0.4) is 0 Å². The Morgan fingerprint density at radius 3 is 2.00 bits per heavy atom. The maximum absolute atomic E-state index is 13.8. The zero-order valence-corrected chi connectivity index (χ0v) is 24.5.